The van der Waals surface area contributed by atoms with E-state index in [1.54, 1.807) is 0 Å². The first-order chi connectivity index (χ1) is 7.63. The summed E-state index contributed by atoms with van der Waals surface area (Å²) >= 11 is 0. The molecule has 1 aromatic carbocycles. The molecule has 9 heteroatoms. The van der Waals surface area contributed by atoms with Gasteiger partial charge in [0, 0.05) is 6.07 Å². The number of methoxy groups -OCH3 is 1. The van der Waals surface area contributed by atoms with Gasteiger partial charge in [-0.2, -0.15) is 8.42 Å². The van der Waals surface area contributed by atoms with E-state index in [0.717, 1.165) is 12.3 Å². The highest BCUT2D eigenvalue weighted by atomic mass is 32.2. The predicted molar refractivity (Wildman–Crippen MR) is 61.3 cm³/mol. The van der Waals surface area contributed by atoms with Crippen LogP contribution in [0.5, 0.6) is 5.75 Å². The van der Waals surface area contributed by atoms with Crippen LogP contribution >= 0.6 is 0 Å². The molecule has 1 rings (SSSR count). The average Bonchev–Trinajstić information content (AvgIpc) is 2.14. The fourth-order valence-corrected chi connectivity index (χ4v) is 2.43. The maximum Gasteiger partial charge on any atom is 0.296 e. The Morgan fingerprint density at radius 3 is 2.24 bits per heavy atom. The lowest BCUT2D eigenvalue weighted by Gasteiger charge is -2.09. The van der Waals surface area contributed by atoms with Gasteiger partial charge in [0.2, 0.25) is 10.0 Å². The summed E-state index contributed by atoms with van der Waals surface area (Å²) in [6.45, 7) is 0. The van der Waals surface area contributed by atoms with Crippen LogP contribution in [0.4, 0.5) is 5.69 Å². The molecule has 17 heavy (non-hydrogen) atoms. The molecule has 0 amide bonds. The first kappa shape index (κ1) is 13.7. The lowest BCUT2D eigenvalue weighted by atomic mass is 10.3. The van der Waals surface area contributed by atoms with Crippen molar-refractivity contribution in [1.82, 2.24) is 0 Å². The van der Waals surface area contributed by atoms with Gasteiger partial charge in [0.05, 0.1) is 19.1 Å². The third kappa shape index (κ3) is 3.88. The molecule has 2 N–H and O–H groups in total. The van der Waals surface area contributed by atoms with Crippen LogP contribution in [0.1, 0.15) is 0 Å². The molecule has 0 unspecified atom stereocenters. The van der Waals surface area contributed by atoms with Crippen molar-refractivity contribution in [1.29, 1.82) is 0 Å². The molecule has 0 aliphatic carbocycles. The van der Waals surface area contributed by atoms with Crippen LogP contribution in [0.25, 0.3) is 0 Å². The second kappa shape index (κ2) is 4.51. The van der Waals surface area contributed by atoms with Crippen LogP contribution in [0.3, 0.4) is 0 Å². The Morgan fingerprint density at radius 2 is 1.82 bits per heavy atom. The van der Waals surface area contributed by atoms with Crippen LogP contribution in [-0.2, 0) is 20.1 Å². The molecule has 0 aliphatic rings. The third-order valence-corrected chi connectivity index (χ3v) is 3.25. The molecule has 0 atom stereocenters. The molecule has 0 heterocycles. The first-order valence-electron chi connectivity index (χ1n) is 4.27. The lowest BCUT2D eigenvalue weighted by Crippen LogP contribution is -2.13. The van der Waals surface area contributed by atoms with E-state index >= 15 is 0 Å². The molecule has 0 saturated heterocycles. The Labute approximate surface area is 99.2 Å². The van der Waals surface area contributed by atoms with Crippen molar-refractivity contribution < 1.29 is 26.1 Å². The standard InChI is InChI=1S/C8H11NO6S2/c1-15-6-3-4-7(9-16(2,10)11)8(5-6)17(12,13)14/h3-5,9H,1-2H3,(H,12,13,14). The highest BCUT2D eigenvalue weighted by Crippen LogP contribution is 2.26. The number of nitrogens with one attached hydrogen (secondary N) is 1. The van der Waals surface area contributed by atoms with Crippen LogP contribution < -0.4 is 9.46 Å². The third-order valence-electron chi connectivity index (χ3n) is 1.76. The van der Waals surface area contributed by atoms with E-state index in [2.05, 4.69) is 0 Å². The average molecular weight is 281 g/mol. The number of ether oxygens (including phenoxy) is 1. The number of benzene rings is 1. The molecule has 0 bridgehead atoms. The molecule has 1 aromatic rings. The quantitative estimate of drug-likeness (QED) is 0.769. The number of sulfonamides is 1. The van der Waals surface area contributed by atoms with E-state index in [0.29, 0.717) is 0 Å². The summed E-state index contributed by atoms with van der Waals surface area (Å²) in [6.07, 6.45) is 0.866. The summed E-state index contributed by atoms with van der Waals surface area (Å²) in [5, 5.41) is 0. The largest absolute Gasteiger partial charge is 0.497 e. The highest BCUT2D eigenvalue weighted by Gasteiger charge is 2.18. The molecule has 0 aromatic heterocycles. The van der Waals surface area contributed by atoms with E-state index in [1.807, 2.05) is 4.72 Å². The molecule has 0 spiro atoms. The van der Waals surface area contributed by atoms with Gasteiger partial charge in [-0.15, -0.1) is 0 Å². The molecule has 0 saturated carbocycles. The topological polar surface area (TPSA) is 110 Å². The van der Waals surface area contributed by atoms with Crippen molar-refractivity contribution in [2.45, 2.75) is 4.90 Å². The van der Waals surface area contributed by atoms with Gasteiger partial charge in [-0.05, 0) is 12.1 Å². The Bertz CT molecular complexity index is 619. The van der Waals surface area contributed by atoms with Crippen LogP contribution in [0.2, 0.25) is 0 Å². The number of rotatable bonds is 4. The summed E-state index contributed by atoms with van der Waals surface area (Å²) in [4.78, 5) is -0.567. The number of anilines is 1. The summed E-state index contributed by atoms with van der Waals surface area (Å²) in [7, 11) is -6.88. The van der Waals surface area contributed by atoms with E-state index in [9.17, 15) is 16.8 Å². The Hall–Kier alpha value is -1.32. The van der Waals surface area contributed by atoms with Crippen molar-refractivity contribution in [2.24, 2.45) is 0 Å². The second-order valence-electron chi connectivity index (χ2n) is 3.21. The van der Waals surface area contributed by atoms with Gasteiger partial charge < -0.3 is 4.74 Å². The summed E-state index contributed by atoms with van der Waals surface area (Å²) in [6, 6.07) is 3.56. The maximum absolute atomic E-state index is 11.1. The lowest BCUT2D eigenvalue weighted by molar-refractivity contribution is 0.412. The molecule has 0 fully saturated rings. The first-order valence-corrected chi connectivity index (χ1v) is 7.60. The molecule has 96 valence electrons. The Balaban J connectivity index is 3.41. The molecule has 7 nitrogen and oxygen atoms in total. The second-order valence-corrected chi connectivity index (χ2v) is 6.35. The minimum absolute atomic E-state index is 0.177. The monoisotopic (exact) mass is 281 g/mol. The van der Waals surface area contributed by atoms with Crippen molar-refractivity contribution in [2.75, 3.05) is 18.1 Å². The van der Waals surface area contributed by atoms with Gasteiger partial charge in [-0.25, -0.2) is 8.42 Å². The predicted octanol–water partition coefficient (Wildman–Crippen LogP) is 0.313. The van der Waals surface area contributed by atoms with Gasteiger partial charge in [0.1, 0.15) is 10.6 Å². The van der Waals surface area contributed by atoms with Gasteiger partial charge in [0.15, 0.2) is 0 Å². The zero-order chi connectivity index (χ0) is 13.3. The maximum atomic E-state index is 11.1. The smallest absolute Gasteiger partial charge is 0.296 e. The molecular weight excluding hydrogens is 270 g/mol. The number of hydrogen-bond acceptors (Lipinski definition) is 5. The minimum atomic E-state index is -4.55. The van der Waals surface area contributed by atoms with E-state index in [-0.39, 0.29) is 11.4 Å². The van der Waals surface area contributed by atoms with Gasteiger partial charge in [0.25, 0.3) is 10.1 Å². The molecule has 0 aliphatic heterocycles. The SMILES string of the molecule is COc1ccc(NS(C)(=O)=O)c(S(=O)(=O)O)c1. The van der Waals surface area contributed by atoms with Crippen molar-refractivity contribution in [3.05, 3.63) is 18.2 Å². The summed E-state index contributed by atoms with van der Waals surface area (Å²) in [5.41, 5.74) is -0.240. The minimum Gasteiger partial charge on any atom is -0.497 e. The van der Waals surface area contributed by atoms with Gasteiger partial charge in [-0.1, -0.05) is 0 Å². The highest BCUT2D eigenvalue weighted by molar-refractivity contribution is 7.92. The van der Waals surface area contributed by atoms with Crippen LogP contribution in [0.15, 0.2) is 23.1 Å². The fraction of sp³-hybridized carbons (Fsp3) is 0.250. The van der Waals surface area contributed by atoms with E-state index in [1.165, 1.54) is 19.2 Å². The van der Waals surface area contributed by atoms with Crippen molar-refractivity contribution in [3.8, 4) is 5.75 Å². The van der Waals surface area contributed by atoms with Crippen LogP contribution in [0, 0.1) is 0 Å². The summed E-state index contributed by atoms with van der Waals surface area (Å²) in [5.74, 6) is 0.177. The molecule has 0 radical (unpaired) electrons. The van der Waals surface area contributed by atoms with E-state index in [4.69, 9.17) is 9.29 Å². The summed E-state index contributed by atoms with van der Waals surface area (Å²) < 4.78 is 59.9. The Morgan fingerprint density at radius 1 is 1.24 bits per heavy atom. The normalized spacial score (nSPS) is 12.2. The molecular formula is C8H11NO6S2. The van der Waals surface area contributed by atoms with Crippen molar-refractivity contribution in [3.63, 3.8) is 0 Å². The van der Waals surface area contributed by atoms with Crippen molar-refractivity contribution >= 4 is 25.8 Å². The van der Waals surface area contributed by atoms with Crippen LogP contribution in [-0.4, -0.2) is 34.8 Å². The van der Waals surface area contributed by atoms with Gasteiger partial charge >= 0.3 is 0 Å². The van der Waals surface area contributed by atoms with Gasteiger partial charge in [-0.3, -0.25) is 9.27 Å². The van der Waals surface area contributed by atoms with E-state index < -0.39 is 25.0 Å². The zero-order valence-electron chi connectivity index (χ0n) is 9.04. The number of hydrogen-bond donors (Lipinski definition) is 2. The fourth-order valence-electron chi connectivity index (χ4n) is 1.13. The Kier molecular flexibility index (Phi) is 3.65. The zero-order valence-corrected chi connectivity index (χ0v) is 10.7.